The molecule has 0 spiro atoms. The third-order valence-electron chi connectivity index (χ3n) is 4.86. The molecule has 1 fully saturated rings. The van der Waals surface area contributed by atoms with Gasteiger partial charge in [-0.05, 0) is 69.2 Å². The minimum Gasteiger partial charge on any atom is -0.489 e. The Hall–Kier alpha value is -2.79. The Morgan fingerprint density at radius 2 is 1.67 bits per heavy atom. The molecular weight excluding hydrogens is 461 g/mol. The maximum Gasteiger partial charge on any atom is 0.573 e. The van der Waals surface area contributed by atoms with Crippen molar-refractivity contribution < 1.29 is 35.9 Å². The van der Waals surface area contributed by atoms with E-state index in [1.807, 2.05) is 0 Å². The molecule has 7 nitrogen and oxygen atoms in total. The van der Waals surface area contributed by atoms with Gasteiger partial charge in [-0.3, -0.25) is 4.79 Å². The summed E-state index contributed by atoms with van der Waals surface area (Å²) in [7, 11) is -3.75. The van der Waals surface area contributed by atoms with E-state index in [-0.39, 0.29) is 28.0 Å². The van der Waals surface area contributed by atoms with Crippen LogP contribution in [0, 0.1) is 0 Å². The highest BCUT2D eigenvalue weighted by atomic mass is 32.2. The summed E-state index contributed by atoms with van der Waals surface area (Å²) in [4.78, 5) is 12.7. The number of nitrogens with zero attached hydrogens (tertiary/aromatic N) is 1. The van der Waals surface area contributed by atoms with E-state index in [1.54, 1.807) is 13.8 Å². The molecule has 1 amide bonds. The number of hydrogen-bond donors (Lipinski definition) is 1. The van der Waals surface area contributed by atoms with E-state index >= 15 is 0 Å². The van der Waals surface area contributed by atoms with Crippen LogP contribution in [0.2, 0.25) is 0 Å². The van der Waals surface area contributed by atoms with E-state index < -0.39 is 28.0 Å². The summed E-state index contributed by atoms with van der Waals surface area (Å²) in [5.41, 5.74) is 0.201. The average molecular weight is 487 g/mol. The predicted molar refractivity (Wildman–Crippen MR) is 116 cm³/mol. The van der Waals surface area contributed by atoms with Crippen molar-refractivity contribution in [3.63, 3.8) is 0 Å². The number of ether oxygens (including phenoxy) is 2. The first-order valence-electron chi connectivity index (χ1n) is 10.4. The molecule has 0 aromatic heterocycles. The Morgan fingerprint density at radius 3 is 2.24 bits per heavy atom. The molecule has 0 bridgehead atoms. The molecule has 0 radical (unpaired) electrons. The summed E-state index contributed by atoms with van der Waals surface area (Å²) in [6.45, 7) is 4.42. The highest BCUT2D eigenvalue weighted by molar-refractivity contribution is 7.89. The summed E-state index contributed by atoms with van der Waals surface area (Å²) in [6, 6.07) is 8.63. The van der Waals surface area contributed by atoms with Gasteiger partial charge in [-0.25, -0.2) is 8.42 Å². The molecule has 1 N–H and O–H groups in total. The Labute approximate surface area is 190 Å². The SMILES string of the molecule is CC(C)Oc1ccc(S(=O)(=O)N2CCCCC2)cc1NC(=O)c1ccc(OC(F)(F)F)cc1. The predicted octanol–water partition coefficient (Wildman–Crippen LogP) is 4.80. The number of hydrogen-bond acceptors (Lipinski definition) is 5. The van der Waals surface area contributed by atoms with Crippen LogP contribution in [0.3, 0.4) is 0 Å². The van der Waals surface area contributed by atoms with Crippen molar-refractivity contribution in [1.82, 2.24) is 4.31 Å². The van der Waals surface area contributed by atoms with Gasteiger partial charge in [-0.15, -0.1) is 13.2 Å². The van der Waals surface area contributed by atoms with Crippen LogP contribution in [0.15, 0.2) is 47.4 Å². The van der Waals surface area contributed by atoms with Crippen molar-refractivity contribution in [2.75, 3.05) is 18.4 Å². The Kier molecular flexibility index (Phi) is 7.53. The number of piperidine rings is 1. The third-order valence-corrected chi connectivity index (χ3v) is 6.76. The molecule has 3 rings (SSSR count). The van der Waals surface area contributed by atoms with Crippen LogP contribution in [0.5, 0.6) is 11.5 Å². The van der Waals surface area contributed by atoms with Crippen molar-refractivity contribution in [3.05, 3.63) is 48.0 Å². The van der Waals surface area contributed by atoms with Crippen LogP contribution in [-0.2, 0) is 10.0 Å². The maximum absolute atomic E-state index is 13.0. The van der Waals surface area contributed by atoms with Crippen molar-refractivity contribution >= 4 is 21.6 Å². The maximum atomic E-state index is 13.0. The molecule has 1 heterocycles. The van der Waals surface area contributed by atoms with Gasteiger partial charge in [0, 0.05) is 18.7 Å². The van der Waals surface area contributed by atoms with E-state index in [9.17, 15) is 26.4 Å². The number of alkyl halides is 3. The molecule has 180 valence electrons. The topological polar surface area (TPSA) is 84.9 Å². The zero-order chi connectivity index (χ0) is 24.2. The number of anilines is 1. The van der Waals surface area contributed by atoms with Gasteiger partial charge in [0.15, 0.2) is 0 Å². The van der Waals surface area contributed by atoms with Crippen molar-refractivity contribution in [3.8, 4) is 11.5 Å². The molecule has 11 heteroatoms. The number of sulfonamides is 1. The quantitative estimate of drug-likeness (QED) is 0.608. The lowest BCUT2D eigenvalue weighted by Crippen LogP contribution is -2.35. The second kappa shape index (κ2) is 10.0. The van der Waals surface area contributed by atoms with Gasteiger partial charge in [0.05, 0.1) is 16.7 Å². The molecule has 0 unspecified atom stereocenters. The summed E-state index contributed by atoms with van der Waals surface area (Å²) in [6.07, 6.45) is -2.55. The van der Waals surface area contributed by atoms with E-state index in [4.69, 9.17) is 4.74 Å². The molecule has 1 saturated heterocycles. The Morgan fingerprint density at radius 1 is 1.03 bits per heavy atom. The first kappa shape index (κ1) is 24.8. The average Bonchev–Trinajstić information content (AvgIpc) is 2.74. The third kappa shape index (κ3) is 6.61. The second-order valence-electron chi connectivity index (χ2n) is 7.82. The number of carbonyl (C=O) groups excluding carboxylic acids is 1. The minimum atomic E-state index is -4.84. The molecule has 1 aliphatic rings. The lowest BCUT2D eigenvalue weighted by atomic mass is 10.2. The number of halogens is 3. The van der Waals surface area contributed by atoms with Crippen molar-refractivity contribution in [1.29, 1.82) is 0 Å². The fourth-order valence-electron chi connectivity index (χ4n) is 3.38. The van der Waals surface area contributed by atoms with E-state index in [0.717, 1.165) is 31.4 Å². The van der Waals surface area contributed by atoms with Crippen LogP contribution in [-0.4, -0.2) is 44.2 Å². The van der Waals surface area contributed by atoms with Gasteiger partial charge in [0.1, 0.15) is 11.5 Å². The lowest BCUT2D eigenvalue weighted by molar-refractivity contribution is -0.274. The molecule has 33 heavy (non-hydrogen) atoms. The van der Waals surface area contributed by atoms with Gasteiger partial charge < -0.3 is 14.8 Å². The fraction of sp³-hybridized carbons (Fsp3) is 0.409. The number of benzene rings is 2. The smallest absolute Gasteiger partial charge is 0.489 e. The second-order valence-corrected chi connectivity index (χ2v) is 9.75. The van der Waals surface area contributed by atoms with E-state index in [0.29, 0.717) is 13.1 Å². The standard InChI is InChI=1S/C22H25F3N2O5S/c1-15(2)31-20-11-10-18(33(29,30)27-12-4-3-5-13-27)14-19(20)26-21(28)16-6-8-17(9-7-16)32-22(23,24)25/h6-11,14-15H,3-5,12-13H2,1-2H3,(H,26,28). The van der Waals surface area contributed by atoms with Crippen LogP contribution in [0.25, 0.3) is 0 Å². The minimum absolute atomic E-state index is 0.0183. The normalized spacial score (nSPS) is 15.3. The first-order chi connectivity index (χ1) is 15.5. The van der Waals surface area contributed by atoms with Gasteiger partial charge >= 0.3 is 6.36 Å². The van der Waals surface area contributed by atoms with Gasteiger partial charge in [-0.1, -0.05) is 6.42 Å². The monoisotopic (exact) mass is 486 g/mol. The molecule has 1 aliphatic heterocycles. The molecular formula is C22H25F3N2O5S. The summed E-state index contributed by atoms with van der Waals surface area (Å²) in [5.74, 6) is -0.833. The van der Waals surface area contributed by atoms with Crippen LogP contribution < -0.4 is 14.8 Å². The Balaban J connectivity index is 1.86. The van der Waals surface area contributed by atoms with Crippen LogP contribution >= 0.6 is 0 Å². The van der Waals surface area contributed by atoms with Gasteiger partial charge in [0.2, 0.25) is 10.0 Å². The van der Waals surface area contributed by atoms with Crippen molar-refractivity contribution in [2.24, 2.45) is 0 Å². The van der Waals surface area contributed by atoms with Crippen LogP contribution in [0.4, 0.5) is 18.9 Å². The summed E-state index contributed by atoms with van der Waals surface area (Å²) < 4.78 is 74.0. The lowest BCUT2D eigenvalue weighted by Gasteiger charge is -2.26. The van der Waals surface area contributed by atoms with Gasteiger partial charge in [0.25, 0.3) is 5.91 Å². The molecule has 0 atom stereocenters. The fourth-order valence-corrected chi connectivity index (χ4v) is 4.92. The van der Waals surface area contributed by atoms with Crippen molar-refractivity contribution in [2.45, 2.75) is 50.5 Å². The highest BCUT2D eigenvalue weighted by Crippen LogP contribution is 2.31. The summed E-state index contributed by atoms with van der Waals surface area (Å²) >= 11 is 0. The first-order valence-corrected chi connectivity index (χ1v) is 11.9. The highest BCUT2D eigenvalue weighted by Gasteiger charge is 2.31. The number of rotatable bonds is 7. The zero-order valence-electron chi connectivity index (χ0n) is 18.2. The van der Waals surface area contributed by atoms with E-state index in [1.165, 1.54) is 34.6 Å². The Bertz CT molecular complexity index is 1080. The molecule has 0 saturated carbocycles. The van der Waals surface area contributed by atoms with E-state index in [2.05, 4.69) is 10.1 Å². The molecule has 0 aliphatic carbocycles. The number of carbonyl (C=O) groups is 1. The number of nitrogens with one attached hydrogen (secondary N) is 1. The summed E-state index contributed by atoms with van der Waals surface area (Å²) in [5, 5.41) is 2.61. The molecule has 2 aromatic rings. The number of amides is 1. The van der Waals surface area contributed by atoms with Gasteiger partial charge in [-0.2, -0.15) is 4.31 Å². The zero-order valence-corrected chi connectivity index (χ0v) is 19.0. The van der Waals surface area contributed by atoms with Crippen LogP contribution in [0.1, 0.15) is 43.5 Å². The molecule has 2 aromatic carbocycles. The largest absolute Gasteiger partial charge is 0.573 e.